The van der Waals surface area contributed by atoms with E-state index in [1.54, 1.807) is 11.3 Å². The van der Waals surface area contributed by atoms with E-state index >= 15 is 0 Å². The molecule has 0 aliphatic carbocycles. The summed E-state index contributed by atoms with van der Waals surface area (Å²) in [6.07, 6.45) is 0. The van der Waals surface area contributed by atoms with Gasteiger partial charge < -0.3 is 5.73 Å². The summed E-state index contributed by atoms with van der Waals surface area (Å²) in [6, 6.07) is 26.2. The van der Waals surface area contributed by atoms with Crippen molar-refractivity contribution in [1.82, 2.24) is 4.98 Å². The molecule has 0 saturated heterocycles. The van der Waals surface area contributed by atoms with E-state index < -0.39 is 10.8 Å². The maximum absolute atomic E-state index is 13.2. The van der Waals surface area contributed by atoms with Gasteiger partial charge in [-0.25, -0.2) is 4.98 Å². The van der Waals surface area contributed by atoms with Crippen molar-refractivity contribution < 1.29 is 4.21 Å². The van der Waals surface area contributed by atoms with Crippen molar-refractivity contribution in [3.05, 3.63) is 89.8 Å². The summed E-state index contributed by atoms with van der Waals surface area (Å²) < 4.78 is 13.9. The number of aromatic nitrogens is 1. The van der Waals surface area contributed by atoms with E-state index in [9.17, 15) is 4.21 Å². The third kappa shape index (κ3) is 3.58. The van der Waals surface area contributed by atoms with Crippen molar-refractivity contribution in [2.45, 2.75) is 9.96 Å². The summed E-state index contributed by atoms with van der Waals surface area (Å²) in [5, 5.41) is 2.94. The van der Waals surface area contributed by atoms with Gasteiger partial charge in [0.2, 0.25) is 0 Å². The van der Waals surface area contributed by atoms with Crippen molar-refractivity contribution in [3.8, 4) is 21.7 Å². The predicted octanol–water partition coefficient (Wildman–Crippen LogP) is 6.58. The molecule has 0 bridgehead atoms. The fraction of sp³-hybridized carbons (Fsp3) is 0.0417. The number of nitrogens with zero attached hydrogens (tertiary/aromatic N) is 1. The highest BCUT2D eigenvalue weighted by Crippen LogP contribution is 2.43. The first-order valence-electron chi connectivity index (χ1n) is 9.45. The molecule has 0 fully saturated rings. The van der Waals surface area contributed by atoms with Crippen molar-refractivity contribution in [2.24, 2.45) is 0 Å². The smallest absolute Gasteiger partial charge is 0.127 e. The molecule has 3 heterocycles. The van der Waals surface area contributed by atoms with Gasteiger partial charge in [0.25, 0.3) is 0 Å². The maximum Gasteiger partial charge on any atom is 0.127 e. The molecule has 30 heavy (non-hydrogen) atoms. The molecule has 0 radical (unpaired) electrons. The molecule has 0 aliphatic rings. The molecule has 2 N–H and O–H groups in total. The van der Waals surface area contributed by atoms with Crippen LogP contribution in [0.1, 0.15) is 5.56 Å². The maximum atomic E-state index is 13.2. The second-order valence-electron chi connectivity index (χ2n) is 6.86. The van der Waals surface area contributed by atoms with Crippen LogP contribution in [-0.4, -0.2) is 9.19 Å². The van der Waals surface area contributed by atoms with E-state index in [4.69, 9.17) is 10.7 Å². The monoisotopic (exact) mass is 446 g/mol. The number of hydrogen-bond donors (Lipinski definition) is 1. The van der Waals surface area contributed by atoms with E-state index in [-0.39, 0.29) is 0 Å². The number of hydrogen-bond acceptors (Lipinski definition) is 5. The minimum atomic E-state index is -1.23. The van der Waals surface area contributed by atoms with E-state index in [0.717, 1.165) is 37.5 Å². The second kappa shape index (κ2) is 8.14. The van der Waals surface area contributed by atoms with Gasteiger partial charge in [0.15, 0.2) is 0 Å². The van der Waals surface area contributed by atoms with Crippen molar-refractivity contribution in [2.75, 3.05) is 5.73 Å². The highest BCUT2D eigenvalue weighted by molar-refractivity contribution is 7.87. The quantitative estimate of drug-likeness (QED) is 0.332. The van der Waals surface area contributed by atoms with Crippen molar-refractivity contribution in [1.29, 1.82) is 0 Å². The lowest BCUT2D eigenvalue weighted by Crippen LogP contribution is -1.98. The van der Waals surface area contributed by atoms with Gasteiger partial charge in [-0.05, 0) is 34.2 Å². The van der Waals surface area contributed by atoms with Crippen LogP contribution in [-0.2, 0) is 16.6 Å². The van der Waals surface area contributed by atoms with E-state index in [1.165, 1.54) is 11.3 Å². The van der Waals surface area contributed by atoms with Crippen LogP contribution in [0.5, 0.6) is 0 Å². The molecule has 0 amide bonds. The van der Waals surface area contributed by atoms with E-state index in [1.807, 2.05) is 60.0 Å². The summed E-state index contributed by atoms with van der Waals surface area (Å²) in [6.45, 7) is 0. The van der Waals surface area contributed by atoms with Crippen LogP contribution in [0.15, 0.2) is 88.5 Å². The fourth-order valence-electron chi connectivity index (χ4n) is 3.46. The van der Waals surface area contributed by atoms with Crippen LogP contribution in [0.2, 0.25) is 0 Å². The largest absolute Gasteiger partial charge is 0.396 e. The standard InChI is InChI=1S/C24H18N2OS3/c25-22-21-18(17-10-5-2-6-11-17)14-19(20-12-7-13-28-20)26-23(21)29-24(22)30(27)15-16-8-3-1-4-9-16/h1-14H,15,25H2/t30-/m0/s1. The van der Waals surface area contributed by atoms with Gasteiger partial charge in [0, 0.05) is 5.39 Å². The Labute approximate surface area is 185 Å². The number of nitrogen functional groups attached to an aromatic ring is 1. The lowest BCUT2D eigenvalue weighted by Gasteiger charge is -2.08. The van der Waals surface area contributed by atoms with Gasteiger partial charge in [-0.15, -0.1) is 22.7 Å². The first kappa shape index (κ1) is 19.2. The zero-order valence-electron chi connectivity index (χ0n) is 15.9. The molecule has 1 atom stereocenters. The molecule has 0 saturated carbocycles. The van der Waals surface area contributed by atoms with Crippen molar-refractivity contribution in [3.63, 3.8) is 0 Å². The Kier molecular flexibility index (Phi) is 5.21. The Morgan fingerprint density at radius 3 is 2.37 bits per heavy atom. The van der Waals surface area contributed by atoms with E-state index in [0.29, 0.717) is 15.6 Å². The summed E-state index contributed by atoms with van der Waals surface area (Å²) in [4.78, 5) is 6.82. The molecule has 3 aromatic heterocycles. The minimum absolute atomic E-state index is 0.441. The average molecular weight is 447 g/mol. The lowest BCUT2D eigenvalue weighted by molar-refractivity contribution is 0.684. The number of pyridine rings is 1. The summed E-state index contributed by atoms with van der Waals surface area (Å²) in [7, 11) is -1.23. The number of thiophene rings is 2. The Bertz CT molecular complexity index is 1330. The Morgan fingerprint density at radius 2 is 1.67 bits per heavy atom. The van der Waals surface area contributed by atoms with Crippen molar-refractivity contribution >= 4 is 49.4 Å². The Hall–Kier alpha value is -2.80. The van der Waals surface area contributed by atoms with Gasteiger partial charge in [0.1, 0.15) is 9.04 Å². The minimum Gasteiger partial charge on any atom is -0.396 e. The molecule has 6 heteroatoms. The van der Waals surface area contributed by atoms with Crippen LogP contribution >= 0.6 is 22.7 Å². The third-order valence-electron chi connectivity index (χ3n) is 4.87. The molecule has 0 unspecified atom stereocenters. The molecule has 0 spiro atoms. The fourth-order valence-corrected chi connectivity index (χ4v) is 6.76. The van der Waals surface area contributed by atoms with Crippen LogP contribution in [0.25, 0.3) is 31.9 Å². The van der Waals surface area contributed by atoms with Crippen LogP contribution in [0, 0.1) is 0 Å². The molecule has 5 aromatic rings. The normalized spacial score (nSPS) is 12.3. The van der Waals surface area contributed by atoms with Crippen LogP contribution in [0.3, 0.4) is 0 Å². The van der Waals surface area contributed by atoms with Gasteiger partial charge in [-0.3, -0.25) is 4.21 Å². The van der Waals surface area contributed by atoms with Crippen LogP contribution in [0.4, 0.5) is 5.69 Å². The van der Waals surface area contributed by atoms with Gasteiger partial charge in [-0.2, -0.15) is 0 Å². The lowest BCUT2D eigenvalue weighted by atomic mass is 10.0. The summed E-state index contributed by atoms with van der Waals surface area (Å²) >= 11 is 3.10. The number of nitrogens with two attached hydrogens (primary N) is 1. The molecule has 0 aliphatic heterocycles. The number of fused-ring (bicyclic) bond motifs is 1. The van der Waals surface area contributed by atoms with Gasteiger partial charge in [-0.1, -0.05) is 66.7 Å². The molecule has 2 aromatic carbocycles. The molecular formula is C24H18N2OS3. The highest BCUT2D eigenvalue weighted by atomic mass is 32.2. The van der Waals surface area contributed by atoms with E-state index in [2.05, 4.69) is 24.3 Å². The zero-order chi connectivity index (χ0) is 20.5. The Morgan fingerprint density at radius 1 is 0.933 bits per heavy atom. The van der Waals surface area contributed by atoms with Gasteiger partial charge in [0.05, 0.1) is 32.8 Å². The summed E-state index contributed by atoms with van der Waals surface area (Å²) in [5.41, 5.74) is 11.2. The van der Waals surface area contributed by atoms with Gasteiger partial charge >= 0.3 is 0 Å². The highest BCUT2D eigenvalue weighted by Gasteiger charge is 2.21. The first-order chi connectivity index (χ1) is 14.7. The molecule has 5 rings (SSSR count). The number of rotatable bonds is 5. The third-order valence-corrected chi connectivity index (χ3v) is 8.69. The number of benzene rings is 2. The SMILES string of the molecule is Nc1c([S@@](=O)Cc2ccccc2)sc2nc(-c3cccs3)cc(-c3ccccc3)c12. The topological polar surface area (TPSA) is 56.0 Å². The number of anilines is 1. The summed E-state index contributed by atoms with van der Waals surface area (Å²) in [5.74, 6) is 0.441. The Balaban J connectivity index is 1.68. The zero-order valence-corrected chi connectivity index (χ0v) is 18.4. The average Bonchev–Trinajstić information content (AvgIpc) is 3.43. The molecule has 3 nitrogen and oxygen atoms in total. The molecular weight excluding hydrogens is 428 g/mol. The molecule has 148 valence electrons. The second-order valence-corrected chi connectivity index (χ2v) is 10.5. The predicted molar refractivity (Wildman–Crippen MR) is 129 cm³/mol. The first-order valence-corrected chi connectivity index (χ1v) is 12.5. The van der Waals surface area contributed by atoms with Crippen LogP contribution < -0.4 is 5.73 Å².